The van der Waals surface area contributed by atoms with Crippen molar-refractivity contribution in [3.8, 4) is 11.5 Å². The van der Waals surface area contributed by atoms with Crippen molar-refractivity contribution in [2.24, 2.45) is 4.99 Å². The summed E-state index contributed by atoms with van der Waals surface area (Å²) in [4.78, 5) is 43.1. The first kappa shape index (κ1) is 24.4. The van der Waals surface area contributed by atoms with Crippen LogP contribution in [0.25, 0.3) is 33.3 Å². The van der Waals surface area contributed by atoms with E-state index < -0.39 is 6.04 Å². The summed E-state index contributed by atoms with van der Waals surface area (Å²) in [5.74, 6) is -0.293. The van der Waals surface area contributed by atoms with Gasteiger partial charge in [-0.2, -0.15) is 0 Å². The van der Waals surface area contributed by atoms with Gasteiger partial charge in [0.15, 0.2) is 11.6 Å². The fourth-order valence-electron chi connectivity index (χ4n) is 4.67. The van der Waals surface area contributed by atoms with Gasteiger partial charge in [0.25, 0.3) is 5.91 Å². The first-order chi connectivity index (χ1) is 19.0. The van der Waals surface area contributed by atoms with Gasteiger partial charge < -0.3 is 10.3 Å². The Bertz CT molecular complexity index is 1770. The maximum absolute atomic E-state index is 13.4. The number of halogens is 1. The third-order valence-corrected chi connectivity index (χ3v) is 6.76. The summed E-state index contributed by atoms with van der Waals surface area (Å²) in [6.07, 6.45) is 6.38. The van der Waals surface area contributed by atoms with E-state index in [4.69, 9.17) is 0 Å². The summed E-state index contributed by atoms with van der Waals surface area (Å²) >= 11 is 0. The number of nitrogens with zero attached hydrogens (tertiary/aromatic N) is 3. The normalized spacial score (nSPS) is 13.5. The number of aliphatic imine (C=N–C) groups is 1. The molecular formula is C31H24FN5O2. The molecule has 0 spiro atoms. The monoisotopic (exact) mass is 517 g/mol. The Labute approximate surface area is 223 Å². The molecule has 3 aromatic carbocycles. The van der Waals surface area contributed by atoms with E-state index in [1.165, 1.54) is 12.1 Å². The molecule has 0 radical (unpaired) electrons. The first-order valence-corrected chi connectivity index (χ1v) is 12.7. The van der Waals surface area contributed by atoms with Crippen molar-refractivity contribution in [3.63, 3.8) is 0 Å². The molecule has 6 rings (SSSR count). The van der Waals surface area contributed by atoms with Crippen molar-refractivity contribution in [2.75, 3.05) is 0 Å². The number of H-pyrrole nitrogens is 1. The smallest absolute Gasteiger partial charge is 0.251 e. The van der Waals surface area contributed by atoms with E-state index in [9.17, 15) is 14.0 Å². The van der Waals surface area contributed by atoms with E-state index in [-0.39, 0.29) is 30.3 Å². The Morgan fingerprint density at radius 3 is 2.62 bits per heavy atom. The molecule has 1 amide bonds. The molecule has 0 fully saturated rings. The number of benzene rings is 3. The molecule has 2 aromatic heterocycles. The fraction of sp³-hybridized carbons (Fsp3) is 0.129. The lowest BCUT2D eigenvalue weighted by molar-refractivity contribution is -0.119. The van der Waals surface area contributed by atoms with Crippen LogP contribution in [0.15, 0.2) is 96.3 Å². The summed E-state index contributed by atoms with van der Waals surface area (Å²) in [5.41, 5.74) is 3.97. The van der Waals surface area contributed by atoms with Crippen molar-refractivity contribution in [1.29, 1.82) is 0 Å². The molecule has 0 unspecified atom stereocenters. The predicted octanol–water partition coefficient (Wildman–Crippen LogP) is 5.58. The molecule has 5 aromatic rings. The molecule has 0 bridgehead atoms. The van der Waals surface area contributed by atoms with Crippen LogP contribution in [-0.2, 0) is 11.2 Å². The van der Waals surface area contributed by atoms with Gasteiger partial charge in [0, 0.05) is 41.9 Å². The van der Waals surface area contributed by atoms with E-state index in [0.717, 1.165) is 22.0 Å². The molecule has 1 aliphatic heterocycles. The highest BCUT2D eigenvalue weighted by Gasteiger charge is 2.24. The van der Waals surface area contributed by atoms with Crippen LogP contribution in [0.1, 0.15) is 28.8 Å². The van der Waals surface area contributed by atoms with Crippen LogP contribution in [0.5, 0.6) is 0 Å². The average molecular weight is 518 g/mol. The van der Waals surface area contributed by atoms with Crippen LogP contribution in [-0.4, -0.2) is 38.4 Å². The van der Waals surface area contributed by atoms with E-state index in [2.05, 4.69) is 25.3 Å². The SMILES string of the molecule is O=C(N[C@@H](Cc1ccc(F)cc1)C(=O)CC1=NC=CC1)c1ccc2nc(-c3cc4ccccc4cn3)[nH]c2c1. The Kier molecular flexibility index (Phi) is 6.50. The second-order valence-electron chi connectivity index (χ2n) is 9.52. The standard InChI is InChI=1S/C31H24FN5O2/c32-23-10-7-19(8-11-23)14-27(29(38)17-24-6-3-13-33-24)37-31(39)21-9-12-25-26(16-21)36-30(35-25)28-15-20-4-1-2-5-22(20)18-34-28/h1-5,7-13,15-16,18,27H,6,14,17H2,(H,35,36)(H,37,39)/t27-/m0/s1. The lowest BCUT2D eigenvalue weighted by Crippen LogP contribution is -2.43. The number of fused-ring (bicyclic) bond motifs is 2. The highest BCUT2D eigenvalue weighted by molar-refractivity contribution is 6.07. The number of Topliss-reactive ketones (excluding diaryl/α,β-unsaturated/α-hetero) is 1. The van der Waals surface area contributed by atoms with Gasteiger partial charge in [-0.25, -0.2) is 9.37 Å². The van der Waals surface area contributed by atoms with Crippen molar-refractivity contribution in [2.45, 2.75) is 25.3 Å². The van der Waals surface area contributed by atoms with Gasteiger partial charge in [0.05, 0.1) is 17.1 Å². The Morgan fingerprint density at radius 1 is 1.00 bits per heavy atom. The summed E-state index contributed by atoms with van der Waals surface area (Å²) in [6, 6.07) is 20.2. The van der Waals surface area contributed by atoms with Crippen LogP contribution >= 0.6 is 0 Å². The van der Waals surface area contributed by atoms with Gasteiger partial charge in [-0.3, -0.25) is 19.6 Å². The highest BCUT2D eigenvalue weighted by Crippen LogP contribution is 2.23. The molecule has 192 valence electrons. The summed E-state index contributed by atoms with van der Waals surface area (Å²) in [5, 5.41) is 4.98. The van der Waals surface area contributed by atoms with E-state index >= 15 is 0 Å². The first-order valence-electron chi connectivity index (χ1n) is 12.7. The number of rotatable bonds is 8. The molecule has 3 heterocycles. The number of allylic oxidation sites excluding steroid dienone is 1. The molecule has 7 nitrogen and oxygen atoms in total. The number of hydrogen-bond donors (Lipinski definition) is 2. The van der Waals surface area contributed by atoms with Crippen LogP contribution in [0.3, 0.4) is 0 Å². The number of aromatic amines is 1. The maximum atomic E-state index is 13.4. The lowest BCUT2D eigenvalue weighted by atomic mass is 9.98. The van der Waals surface area contributed by atoms with E-state index in [1.54, 1.807) is 36.5 Å². The Hall–Kier alpha value is -4.98. The molecule has 8 heteroatoms. The zero-order valence-corrected chi connectivity index (χ0v) is 20.9. The Balaban J connectivity index is 1.24. The second-order valence-corrected chi connectivity index (χ2v) is 9.52. The number of pyridine rings is 1. The zero-order chi connectivity index (χ0) is 26.8. The van der Waals surface area contributed by atoms with Crippen LogP contribution in [0.4, 0.5) is 4.39 Å². The Morgan fingerprint density at radius 2 is 1.82 bits per heavy atom. The number of carbonyl (C=O) groups is 2. The van der Waals surface area contributed by atoms with Gasteiger partial charge in [-0.1, -0.05) is 42.5 Å². The topological polar surface area (TPSA) is 100 Å². The molecule has 0 saturated heterocycles. The van der Waals surface area contributed by atoms with Crippen molar-refractivity contribution >= 4 is 39.2 Å². The van der Waals surface area contributed by atoms with E-state index in [0.29, 0.717) is 34.5 Å². The number of hydrogen-bond acceptors (Lipinski definition) is 5. The summed E-state index contributed by atoms with van der Waals surface area (Å²) in [6.45, 7) is 0. The minimum atomic E-state index is -0.791. The van der Waals surface area contributed by atoms with Crippen LogP contribution < -0.4 is 5.32 Å². The van der Waals surface area contributed by atoms with Gasteiger partial charge in [-0.05, 0) is 53.8 Å². The maximum Gasteiger partial charge on any atom is 0.251 e. The summed E-state index contributed by atoms with van der Waals surface area (Å²) in [7, 11) is 0. The molecule has 1 atom stereocenters. The molecular weight excluding hydrogens is 493 g/mol. The average Bonchev–Trinajstić information content (AvgIpc) is 3.63. The van der Waals surface area contributed by atoms with Gasteiger partial charge in [0.1, 0.15) is 11.5 Å². The molecule has 0 aliphatic carbocycles. The number of ketones is 1. The molecule has 0 saturated carbocycles. The second kappa shape index (κ2) is 10.4. The number of nitrogens with one attached hydrogen (secondary N) is 2. The van der Waals surface area contributed by atoms with Crippen molar-refractivity contribution in [1.82, 2.24) is 20.3 Å². The largest absolute Gasteiger partial charge is 0.342 e. The quantitative estimate of drug-likeness (QED) is 0.281. The lowest BCUT2D eigenvalue weighted by Gasteiger charge is -2.18. The zero-order valence-electron chi connectivity index (χ0n) is 20.9. The minimum absolute atomic E-state index is 0.140. The number of carbonyl (C=O) groups excluding carboxylic acids is 2. The minimum Gasteiger partial charge on any atom is -0.342 e. The van der Waals surface area contributed by atoms with Gasteiger partial charge >= 0.3 is 0 Å². The van der Waals surface area contributed by atoms with Crippen molar-refractivity contribution < 1.29 is 14.0 Å². The number of aromatic nitrogens is 3. The number of amides is 1. The molecule has 2 N–H and O–H groups in total. The summed E-state index contributed by atoms with van der Waals surface area (Å²) < 4.78 is 13.4. The third kappa shape index (κ3) is 5.36. The predicted molar refractivity (Wildman–Crippen MR) is 149 cm³/mol. The van der Waals surface area contributed by atoms with Gasteiger partial charge in [0.2, 0.25) is 0 Å². The molecule has 39 heavy (non-hydrogen) atoms. The number of imidazole rings is 1. The van der Waals surface area contributed by atoms with Crippen LogP contribution in [0, 0.1) is 5.82 Å². The third-order valence-electron chi connectivity index (χ3n) is 6.76. The van der Waals surface area contributed by atoms with Crippen molar-refractivity contribution in [3.05, 3.63) is 108 Å². The van der Waals surface area contributed by atoms with Gasteiger partial charge in [-0.15, -0.1) is 0 Å². The molecule has 1 aliphatic rings. The van der Waals surface area contributed by atoms with Crippen LogP contribution in [0.2, 0.25) is 0 Å². The fourth-order valence-corrected chi connectivity index (χ4v) is 4.67. The highest BCUT2D eigenvalue weighted by atomic mass is 19.1. The van der Waals surface area contributed by atoms with E-state index in [1.807, 2.05) is 42.6 Å².